The molecular formula is C22H23FN4O3. The predicted molar refractivity (Wildman–Crippen MR) is 110 cm³/mol. The number of aryl methyl sites for hydroxylation is 1. The highest BCUT2D eigenvalue weighted by Gasteiger charge is 2.10. The minimum absolute atomic E-state index is 0.0444. The molecule has 0 spiro atoms. The van der Waals surface area contributed by atoms with E-state index in [1.54, 1.807) is 42.5 Å². The lowest BCUT2D eigenvalue weighted by Gasteiger charge is -2.08. The summed E-state index contributed by atoms with van der Waals surface area (Å²) in [6, 6.07) is 13.3. The third-order valence-electron chi connectivity index (χ3n) is 4.28. The molecule has 0 atom stereocenters. The molecule has 30 heavy (non-hydrogen) atoms. The zero-order chi connectivity index (χ0) is 21.5. The number of carbonyl (C=O) groups is 1. The number of aromatic amines is 1. The number of H-pyrrole nitrogens is 1. The monoisotopic (exact) mass is 410 g/mol. The molecule has 0 bridgehead atoms. The van der Waals surface area contributed by atoms with Crippen molar-refractivity contribution in [3.63, 3.8) is 0 Å². The lowest BCUT2D eigenvalue weighted by Crippen LogP contribution is -2.31. The van der Waals surface area contributed by atoms with Crippen LogP contribution in [-0.4, -0.2) is 27.1 Å². The van der Waals surface area contributed by atoms with Crippen molar-refractivity contribution in [2.75, 3.05) is 0 Å². The fraction of sp³-hybridized carbons (Fsp3) is 0.273. The Morgan fingerprint density at radius 1 is 1.13 bits per heavy atom. The molecular weight excluding hydrogens is 387 g/mol. The summed E-state index contributed by atoms with van der Waals surface area (Å²) >= 11 is 0. The number of benzene rings is 2. The van der Waals surface area contributed by atoms with Gasteiger partial charge in [0.15, 0.2) is 5.82 Å². The number of nitrogens with one attached hydrogen (secondary N) is 2. The Labute approximate surface area is 173 Å². The van der Waals surface area contributed by atoms with Gasteiger partial charge in [-0.25, -0.2) is 4.39 Å². The molecule has 3 aromatic rings. The summed E-state index contributed by atoms with van der Waals surface area (Å²) < 4.78 is 19.3. The Bertz CT molecular complexity index is 1060. The molecule has 0 fully saturated rings. The van der Waals surface area contributed by atoms with E-state index in [2.05, 4.69) is 20.5 Å². The summed E-state index contributed by atoms with van der Waals surface area (Å²) in [6.45, 7) is 3.85. The van der Waals surface area contributed by atoms with E-state index in [-0.39, 0.29) is 48.5 Å². The molecule has 2 N–H and O–H groups in total. The first-order chi connectivity index (χ1) is 14.4. The van der Waals surface area contributed by atoms with Gasteiger partial charge in [-0.05, 0) is 44.2 Å². The van der Waals surface area contributed by atoms with Crippen LogP contribution < -0.4 is 15.6 Å². The Morgan fingerprint density at radius 2 is 1.87 bits per heavy atom. The summed E-state index contributed by atoms with van der Waals surface area (Å²) in [7, 11) is 0. The topological polar surface area (TPSA) is 97.0 Å². The number of nitrogens with zero attached hydrogens (tertiary/aromatic N) is 2. The molecule has 1 amide bonds. The summed E-state index contributed by atoms with van der Waals surface area (Å²) in [6.07, 6.45) is 0.382. The molecule has 0 saturated heterocycles. The Morgan fingerprint density at radius 3 is 2.53 bits per heavy atom. The van der Waals surface area contributed by atoms with Crippen LogP contribution in [0.15, 0.2) is 53.3 Å². The number of carbonyl (C=O) groups excluding carboxylic acids is 1. The lowest BCUT2D eigenvalue weighted by atomic mass is 10.2. The van der Waals surface area contributed by atoms with Crippen molar-refractivity contribution in [2.24, 2.45) is 0 Å². The van der Waals surface area contributed by atoms with Crippen molar-refractivity contribution in [3.8, 4) is 17.1 Å². The Balaban J connectivity index is 1.62. The molecule has 8 heteroatoms. The van der Waals surface area contributed by atoms with Gasteiger partial charge in [0.05, 0.1) is 0 Å². The summed E-state index contributed by atoms with van der Waals surface area (Å²) in [4.78, 5) is 26.7. The average molecular weight is 410 g/mol. The van der Waals surface area contributed by atoms with Gasteiger partial charge in [0.25, 0.3) is 5.56 Å². The first kappa shape index (κ1) is 21.2. The summed E-state index contributed by atoms with van der Waals surface area (Å²) in [5.41, 5.74) is 0.955. The standard InChI is InChI=1S/C22H23FN4O3/c1-14(2)24-20(28)12-11-19-22(29)25-21(27-26-19)15-7-9-17(10-8-15)30-13-16-5-3-4-6-18(16)23/h3-10,14H,11-13H2,1-2H3,(H,24,28)(H,25,27,29). The fourth-order valence-electron chi connectivity index (χ4n) is 2.77. The quantitative estimate of drug-likeness (QED) is 0.595. The number of aromatic nitrogens is 3. The van der Waals surface area contributed by atoms with E-state index in [0.717, 1.165) is 0 Å². The lowest BCUT2D eigenvalue weighted by molar-refractivity contribution is -0.121. The van der Waals surface area contributed by atoms with Crippen LogP contribution in [0.3, 0.4) is 0 Å². The molecule has 0 radical (unpaired) electrons. The second-order valence-corrected chi connectivity index (χ2v) is 7.08. The van der Waals surface area contributed by atoms with Crippen molar-refractivity contribution < 1.29 is 13.9 Å². The van der Waals surface area contributed by atoms with Crippen LogP contribution in [0.1, 0.15) is 31.5 Å². The highest BCUT2D eigenvalue weighted by Crippen LogP contribution is 2.19. The normalized spacial score (nSPS) is 10.8. The number of hydrogen-bond acceptors (Lipinski definition) is 5. The van der Waals surface area contributed by atoms with Gasteiger partial charge in [-0.3, -0.25) is 9.59 Å². The molecule has 3 rings (SSSR count). The molecule has 7 nitrogen and oxygen atoms in total. The zero-order valence-corrected chi connectivity index (χ0v) is 16.8. The fourth-order valence-corrected chi connectivity index (χ4v) is 2.77. The first-order valence-electron chi connectivity index (χ1n) is 9.64. The van der Waals surface area contributed by atoms with E-state index in [1.165, 1.54) is 6.07 Å². The smallest absolute Gasteiger partial charge is 0.273 e. The summed E-state index contributed by atoms with van der Waals surface area (Å²) in [5, 5.41) is 10.8. The second kappa shape index (κ2) is 9.78. The van der Waals surface area contributed by atoms with E-state index in [4.69, 9.17) is 4.74 Å². The SMILES string of the molecule is CC(C)NC(=O)CCc1nnc(-c2ccc(OCc3ccccc3F)cc2)[nH]c1=O. The molecule has 0 aliphatic heterocycles. The third-order valence-corrected chi connectivity index (χ3v) is 4.28. The number of hydrogen-bond donors (Lipinski definition) is 2. The van der Waals surface area contributed by atoms with Gasteiger partial charge in [0.2, 0.25) is 5.91 Å². The second-order valence-electron chi connectivity index (χ2n) is 7.08. The van der Waals surface area contributed by atoms with Gasteiger partial charge in [-0.2, -0.15) is 0 Å². The van der Waals surface area contributed by atoms with Crippen molar-refractivity contribution in [2.45, 2.75) is 39.3 Å². The van der Waals surface area contributed by atoms with Crippen molar-refractivity contribution in [1.29, 1.82) is 0 Å². The minimum Gasteiger partial charge on any atom is -0.489 e. The van der Waals surface area contributed by atoms with Crippen LogP contribution in [0.4, 0.5) is 4.39 Å². The van der Waals surface area contributed by atoms with E-state index in [9.17, 15) is 14.0 Å². The molecule has 0 aliphatic carbocycles. The predicted octanol–water partition coefficient (Wildman–Crippen LogP) is 3.01. The highest BCUT2D eigenvalue weighted by molar-refractivity contribution is 5.76. The van der Waals surface area contributed by atoms with E-state index >= 15 is 0 Å². The van der Waals surface area contributed by atoms with E-state index in [0.29, 0.717) is 22.7 Å². The van der Waals surface area contributed by atoms with Crippen LogP contribution in [0.5, 0.6) is 5.75 Å². The van der Waals surface area contributed by atoms with Crippen LogP contribution in [-0.2, 0) is 17.8 Å². The molecule has 1 heterocycles. The molecule has 0 aliphatic rings. The maximum Gasteiger partial charge on any atom is 0.273 e. The van der Waals surface area contributed by atoms with E-state index < -0.39 is 0 Å². The van der Waals surface area contributed by atoms with Crippen LogP contribution >= 0.6 is 0 Å². The van der Waals surface area contributed by atoms with Gasteiger partial charge >= 0.3 is 0 Å². The number of halogens is 1. The Hall–Kier alpha value is -3.55. The molecule has 2 aromatic carbocycles. The van der Waals surface area contributed by atoms with Crippen molar-refractivity contribution in [1.82, 2.24) is 20.5 Å². The van der Waals surface area contributed by atoms with Crippen molar-refractivity contribution >= 4 is 5.91 Å². The minimum atomic E-state index is -0.378. The van der Waals surface area contributed by atoms with Gasteiger partial charge in [-0.15, -0.1) is 10.2 Å². The number of ether oxygens (including phenoxy) is 1. The van der Waals surface area contributed by atoms with Gasteiger partial charge < -0.3 is 15.0 Å². The molecule has 1 aromatic heterocycles. The number of rotatable bonds is 8. The van der Waals surface area contributed by atoms with Gasteiger partial charge in [0, 0.05) is 30.0 Å². The molecule has 0 unspecified atom stereocenters. The maximum atomic E-state index is 13.7. The zero-order valence-electron chi connectivity index (χ0n) is 16.8. The van der Waals surface area contributed by atoms with Gasteiger partial charge in [-0.1, -0.05) is 18.2 Å². The van der Waals surface area contributed by atoms with E-state index in [1.807, 2.05) is 13.8 Å². The maximum absolute atomic E-state index is 13.7. The van der Waals surface area contributed by atoms with Crippen LogP contribution in [0, 0.1) is 5.82 Å². The third kappa shape index (κ3) is 5.73. The van der Waals surface area contributed by atoms with Crippen LogP contribution in [0.25, 0.3) is 11.4 Å². The largest absolute Gasteiger partial charge is 0.489 e. The highest BCUT2D eigenvalue weighted by atomic mass is 19.1. The number of amides is 1. The summed E-state index contributed by atoms with van der Waals surface area (Å²) in [5.74, 6) is 0.422. The van der Waals surface area contributed by atoms with Gasteiger partial charge in [0.1, 0.15) is 23.9 Å². The molecule has 156 valence electrons. The van der Waals surface area contributed by atoms with Crippen molar-refractivity contribution in [3.05, 3.63) is 76.0 Å². The first-order valence-corrected chi connectivity index (χ1v) is 9.64. The average Bonchev–Trinajstić information content (AvgIpc) is 2.72. The van der Waals surface area contributed by atoms with Crippen LogP contribution in [0.2, 0.25) is 0 Å². The Kier molecular flexibility index (Phi) is 6.90. The molecule has 0 saturated carbocycles.